The van der Waals surface area contributed by atoms with Gasteiger partial charge in [0.05, 0.1) is 0 Å². The first kappa shape index (κ1) is 9.79. The average Bonchev–Trinajstić information content (AvgIpc) is 2.19. The summed E-state index contributed by atoms with van der Waals surface area (Å²) in [5.41, 5.74) is 1.36. The van der Waals surface area contributed by atoms with Gasteiger partial charge in [-0.05, 0) is 18.4 Å². The maximum atomic E-state index is 2.20. The monoisotopic (exact) mass is 172 g/mol. The van der Waals surface area contributed by atoms with E-state index in [1.807, 2.05) is 19.1 Å². The summed E-state index contributed by atoms with van der Waals surface area (Å²) < 4.78 is 0. The molecule has 0 N–H and O–H groups in total. The molecule has 0 heterocycles. The molecule has 0 radical (unpaired) electrons. The molecule has 0 bridgehead atoms. The lowest BCUT2D eigenvalue weighted by Crippen LogP contribution is -1.86. The van der Waals surface area contributed by atoms with Crippen molar-refractivity contribution in [3.8, 4) is 0 Å². The highest BCUT2D eigenvalue weighted by molar-refractivity contribution is 5.23. The molecule has 0 amide bonds. The molecule has 13 heavy (non-hydrogen) atoms. The molecular formula is C13H16. The Morgan fingerprint density at radius 2 is 1.77 bits per heavy atom. The lowest BCUT2D eigenvalue weighted by atomic mass is 10.0. The van der Waals surface area contributed by atoms with Crippen LogP contribution >= 0.6 is 0 Å². The summed E-state index contributed by atoms with van der Waals surface area (Å²) in [6.07, 6.45) is 8.39. The van der Waals surface area contributed by atoms with E-state index in [2.05, 4.69) is 49.4 Å². The zero-order chi connectivity index (χ0) is 9.52. The minimum Gasteiger partial charge on any atom is -0.0877 e. The minimum absolute atomic E-state index is 0.498. The van der Waals surface area contributed by atoms with Crippen LogP contribution in [0.15, 0.2) is 54.6 Å². The third-order valence-corrected chi connectivity index (χ3v) is 2.03. The molecule has 1 atom stereocenters. The summed E-state index contributed by atoms with van der Waals surface area (Å²) in [6, 6.07) is 10.5. The number of benzene rings is 1. The van der Waals surface area contributed by atoms with Gasteiger partial charge in [-0.15, -0.1) is 0 Å². The molecule has 0 aliphatic carbocycles. The number of rotatable bonds is 3. The average molecular weight is 172 g/mol. The number of hydrogen-bond donors (Lipinski definition) is 0. The van der Waals surface area contributed by atoms with E-state index in [1.165, 1.54) is 5.56 Å². The van der Waals surface area contributed by atoms with Gasteiger partial charge in [-0.2, -0.15) is 0 Å². The van der Waals surface area contributed by atoms with E-state index in [1.54, 1.807) is 0 Å². The first-order chi connectivity index (χ1) is 6.34. The van der Waals surface area contributed by atoms with E-state index in [9.17, 15) is 0 Å². The summed E-state index contributed by atoms with van der Waals surface area (Å²) in [7, 11) is 0. The van der Waals surface area contributed by atoms with Crippen LogP contribution in [0.4, 0.5) is 0 Å². The van der Waals surface area contributed by atoms with Crippen molar-refractivity contribution in [2.24, 2.45) is 0 Å². The Kier molecular flexibility index (Phi) is 4.04. The van der Waals surface area contributed by atoms with Crippen molar-refractivity contribution in [2.45, 2.75) is 19.8 Å². The molecule has 0 aromatic heterocycles. The Balaban J connectivity index is 2.63. The fourth-order valence-corrected chi connectivity index (χ4v) is 1.21. The van der Waals surface area contributed by atoms with Crippen LogP contribution in [0.5, 0.6) is 0 Å². The van der Waals surface area contributed by atoms with Gasteiger partial charge in [0.2, 0.25) is 0 Å². The van der Waals surface area contributed by atoms with Crippen LogP contribution in [0.2, 0.25) is 0 Å². The van der Waals surface area contributed by atoms with Gasteiger partial charge < -0.3 is 0 Å². The zero-order valence-electron chi connectivity index (χ0n) is 8.27. The fraction of sp³-hybridized carbons (Fsp3) is 0.231. The second-order valence-electron chi connectivity index (χ2n) is 3.11. The van der Waals surface area contributed by atoms with E-state index in [-0.39, 0.29) is 0 Å². The van der Waals surface area contributed by atoms with Crippen LogP contribution in [0.25, 0.3) is 0 Å². The SMILES string of the molecule is C/C=C\C=C/C(C)c1ccccc1. The summed E-state index contributed by atoms with van der Waals surface area (Å²) in [6.45, 7) is 4.23. The molecule has 1 unspecified atom stereocenters. The highest BCUT2D eigenvalue weighted by atomic mass is 14.0. The Morgan fingerprint density at radius 3 is 2.38 bits per heavy atom. The predicted molar refractivity (Wildman–Crippen MR) is 58.8 cm³/mol. The van der Waals surface area contributed by atoms with Crippen molar-refractivity contribution in [1.82, 2.24) is 0 Å². The molecule has 1 aromatic rings. The number of hydrogen-bond acceptors (Lipinski definition) is 0. The Morgan fingerprint density at radius 1 is 1.08 bits per heavy atom. The lowest BCUT2D eigenvalue weighted by Gasteiger charge is -2.04. The quantitative estimate of drug-likeness (QED) is 0.606. The highest BCUT2D eigenvalue weighted by Gasteiger charge is 1.97. The highest BCUT2D eigenvalue weighted by Crippen LogP contribution is 2.15. The van der Waals surface area contributed by atoms with Crippen molar-refractivity contribution in [3.05, 3.63) is 60.2 Å². The normalized spacial score (nSPS) is 14.0. The molecule has 0 heteroatoms. The second-order valence-corrected chi connectivity index (χ2v) is 3.11. The Bertz CT molecular complexity index is 280. The minimum atomic E-state index is 0.498. The summed E-state index contributed by atoms with van der Waals surface area (Å²) in [4.78, 5) is 0. The number of allylic oxidation sites excluding steroid dienone is 4. The third-order valence-electron chi connectivity index (χ3n) is 2.03. The molecule has 0 saturated carbocycles. The van der Waals surface area contributed by atoms with E-state index >= 15 is 0 Å². The lowest BCUT2D eigenvalue weighted by molar-refractivity contribution is 0.968. The smallest absolute Gasteiger partial charge is 0.000732 e. The van der Waals surface area contributed by atoms with Crippen LogP contribution in [0, 0.1) is 0 Å². The summed E-state index contributed by atoms with van der Waals surface area (Å²) >= 11 is 0. The summed E-state index contributed by atoms with van der Waals surface area (Å²) in [5, 5.41) is 0. The first-order valence-electron chi connectivity index (χ1n) is 4.69. The van der Waals surface area contributed by atoms with E-state index in [0.29, 0.717) is 5.92 Å². The van der Waals surface area contributed by atoms with Crippen molar-refractivity contribution in [3.63, 3.8) is 0 Å². The van der Waals surface area contributed by atoms with Gasteiger partial charge in [0.25, 0.3) is 0 Å². The maximum absolute atomic E-state index is 2.20. The van der Waals surface area contributed by atoms with Crippen LogP contribution in [-0.2, 0) is 0 Å². The molecule has 1 rings (SSSR count). The second kappa shape index (κ2) is 5.36. The molecule has 0 saturated heterocycles. The van der Waals surface area contributed by atoms with Crippen LogP contribution in [0.1, 0.15) is 25.3 Å². The molecule has 0 nitrogen and oxygen atoms in total. The van der Waals surface area contributed by atoms with Gasteiger partial charge >= 0.3 is 0 Å². The third kappa shape index (κ3) is 3.29. The zero-order valence-corrected chi connectivity index (χ0v) is 8.27. The van der Waals surface area contributed by atoms with Crippen molar-refractivity contribution >= 4 is 0 Å². The molecule has 0 fully saturated rings. The van der Waals surface area contributed by atoms with Crippen molar-refractivity contribution in [1.29, 1.82) is 0 Å². The fourth-order valence-electron chi connectivity index (χ4n) is 1.21. The van der Waals surface area contributed by atoms with Gasteiger partial charge in [-0.3, -0.25) is 0 Å². The molecular weight excluding hydrogens is 156 g/mol. The van der Waals surface area contributed by atoms with Crippen LogP contribution in [0.3, 0.4) is 0 Å². The Hall–Kier alpha value is -1.30. The molecule has 1 aromatic carbocycles. The van der Waals surface area contributed by atoms with E-state index in [0.717, 1.165) is 0 Å². The van der Waals surface area contributed by atoms with Gasteiger partial charge in [-0.1, -0.05) is 61.6 Å². The van der Waals surface area contributed by atoms with E-state index < -0.39 is 0 Å². The van der Waals surface area contributed by atoms with Crippen molar-refractivity contribution < 1.29 is 0 Å². The van der Waals surface area contributed by atoms with Gasteiger partial charge in [0.15, 0.2) is 0 Å². The summed E-state index contributed by atoms with van der Waals surface area (Å²) in [5.74, 6) is 0.498. The predicted octanol–water partition coefficient (Wildman–Crippen LogP) is 3.92. The van der Waals surface area contributed by atoms with Crippen LogP contribution in [-0.4, -0.2) is 0 Å². The molecule has 0 aliphatic rings. The van der Waals surface area contributed by atoms with Crippen molar-refractivity contribution in [2.75, 3.05) is 0 Å². The van der Waals surface area contributed by atoms with Crippen LogP contribution < -0.4 is 0 Å². The topological polar surface area (TPSA) is 0 Å². The molecule has 68 valence electrons. The molecule has 0 spiro atoms. The van der Waals surface area contributed by atoms with Gasteiger partial charge in [0.1, 0.15) is 0 Å². The standard InChI is InChI=1S/C13H16/c1-3-4-6-9-12(2)13-10-7-5-8-11-13/h3-12H,1-2H3/b4-3-,9-6-. The largest absolute Gasteiger partial charge is 0.0877 e. The first-order valence-corrected chi connectivity index (χ1v) is 4.69. The Labute approximate surface area is 80.6 Å². The van der Waals surface area contributed by atoms with Gasteiger partial charge in [0, 0.05) is 0 Å². The van der Waals surface area contributed by atoms with Gasteiger partial charge in [-0.25, -0.2) is 0 Å². The molecule has 0 aliphatic heterocycles. The maximum Gasteiger partial charge on any atom is -0.000732 e. The van der Waals surface area contributed by atoms with E-state index in [4.69, 9.17) is 0 Å².